The Morgan fingerprint density at radius 2 is 1.85 bits per heavy atom. The lowest BCUT2D eigenvalue weighted by molar-refractivity contribution is 0.0730. The van der Waals surface area contributed by atoms with E-state index in [1.807, 2.05) is 0 Å². The van der Waals surface area contributed by atoms with Crippen LogP contribution in [0.5, 0.6) is 0 Å². The first-order valence-electron chi connectivity index (χ1n) is 7.93. The van der Waals surface area contributed by atoms with Crippen molar-refractivity contribution in [2.24, 2.45) is 0 Å². The molecule has 5 nitrogen and oxygen atoms in total. The van der Waals surface area contributed by atoms with Crippen LogP contribution in [0.15, 0.2) is 41.3 Å². The fourth-order valence-corrected chi connectivity index (χ4v) is 5.18. The molecule has 0 bridgehead atoms. The van der Waals surface area contributed by atoms with Crippen molar-refractivity contribution in [3.05, 3.63) is 57.8 Å². The maximum absolute atomic E-state index is 13.4. The summed E-state index contributed by atoms with van der Waals surface area (Å²) in [4.78, 5) is 0.0644. The molecule has 2 aromatic rings. The largest absolute Gasteiger partial charge is 0.379 e. The highest BCUT2D eigenvalue weighted by molar-refractivity contribution is 7.89. The number of hydrogen-bond acceptors (Lipinski definition) is 4. The van der Waals surface area contributed by atoms with E-state index in [1.54, 1.807) is 6.07 Å². The summed E-state index contributed by atoms with van der Waals surface area (Å²) in [7, 11) is -3.83. The van der Waals surface area contributed by atoms with Gasteiger partial charge in [0.15, 0.2) is 0 Å². The van der Waals surface area contributed by atoms with E-state index in [4.69, 9.17) is 40.2 Å². The van der Waals surface area contributed by atoms with E-state index < -0.39 is 15.8 Å². The molecule has 0 atom stereocenters. The molecule has 1 N–H and O–H groups in total. The van der Waals surface area contributed by atoms with Crippen LogP contribution in [0.3, 0.4) is 0 Å². The van der Waals surface area contributed by atoms with Crippen LogP contribution in [-0.2, 0) is 14.8 Å². The third-order valence-corrected chi connectivity index (χ3v) is 6.93. The molecule has 1 fully saturated rings. The number of thiocarbonyl (C=S) groups is 1. The molecule has 144 valence electrons. The van der Waals surface area contributed by atoms with Gasteiger partial charge in [-0.15, -0.1) is 0 Å². The van der Waals surface area contributed by atoms with E-state index in [2.05, 4.69) is 5.32 Å². The van der Waals surface area contributed by atoms with E-state index in [9.17, 15) is 12.8 Å². The zero-order chi connectivity index (χ0) is 19.6. The smallest absolute Gasteiger partial charge is 0.244 e. The molecule has 10 heteroatoms. The fourth-order valence-electron chi connectivity index (χ4n) is 2.59. The van der Waals surface area contributed by atoms with Gasteiger partial charge in [-0.05, 0) is 30.3 Å². The van der Waals surface area contributed by atoms with Crippen molar-refractivity contribution in [3.8, 4) is 0 Å². The second-order valence-corrected chi connectivity index (χ2v) is 8.87. The summed E-state index contributed by atoms with van der Waals surface area (Å²) in [5, 5.41) is 3.05. The third kappa shape index (κ3) is 4.59. The maximum Gasteiger partial charge on any atom is 0.244 e. The Morgan fingerprint density at radius 3 is 2.52 bits per heavy atom. The highest BCUT2D eigenvalue weighted by Crippen LogP contribution is 2.31. The average molecular weight is 449 g/mol. The Balaban J connectivity index is 1.95. The van der Waals surface area contributed by atoms with Crippen LogP contribution in [0.1, 0.15) is 5.56 Å². The predicted octanol–water partition coefficient (Wildman–Crippen LogP) is 3.94. The number of ether oxygens (including phenoxy) is 1. The Hall–Kier alpha value is -1.29. The Kier molecular flexibility index (Phi) is 6.35. The number of anilines is 1. The van der Waals surface area contributed by atoms with E-state index >= 15 is 0 Å². The van der Waals surface area contributed by atoms with Gasteiger partial charge < -0.3 is 10.1 Å². The normalized spacial score (nSPS) is 15.5. The molecule has 1 saturated heterocycles. The molecule has 3 rings (SSSR count). The number of morpholine rings is 1. The first-order valence-corrected chi connectivity index (χ1v) is 10.5. The molecular weight excluding hydrogens is 434 g/mol. The van der Waals surface area contributed by atoms with Crippen molar-refractivity contribution < 1.29 is 17.5 Å². The van der Waals surface area contributed by atoms with Crippen LogP contribution in [0.2, 0.25) is 10.0 Å². The summed E-state index contributed by atoms with van der Waals surface area (Å²) in [6.45, 7) is 1.11. The second-order valence-electron chi connectivity index (χ2n) is 5.74. The standard InChI is InChI=1S/C17H15Cl2FN2O3S2/c18-14-10-15(19)16(27(23,24)22-4-6-25-7-5-22)9-13(14)17(26)21-12-3-1-2-11(20)8-12/h1-3,8-10H,4-7H2,(H,21,26). The molecule has 1 aliphatic heterocycles. The lowest BCUT2D eigenvalue weighted by Crippen LogP contribution is -2.40. The van der Waals surface area contributed by atoms with Gasteiger partial charge in [0.25, 0.3) is 0 Å². The molecule has 0 unspecified atom stereocenters. The number of rotatable bonds is 4. The quantitative estimate of drug-likeness (QED) is 0.717. The maximum atomic E-state index is 13.4. The molecule has 1 heterocycles. The Morgan fingerprint density at radius 1 is 1.15 bits per heavy atom. The lowest BCUT2D eigenvalue weighted by Gasteiger charge is -2.26. The molecule has 0 aromatic heterocycles. The number of nitrogens with zero attached hydrogens (tertiary/aromatic N) is 1. The number of benzene rings is 2. The van der Waals surface area contributed by atoms with Gasteiger partial charge in [-0.25, -0.2) is 12.8 Å². The molecule has 2 aromatic carbocycles. The van der Waals surface area contributed by atoms with Gasteiger partial charge in [0.05, 0.1) is 23.3 Å². The molecule has 0 amide bonds. The van der Waals surface area contributed by atoms with Crippen molar-refractivity contribution in [2.75, 3.05) is 31.6 Å². The summed E-state index contributed by atoms with van der Waals surface area (Å²) in [6, 6.07) is 8.40. The molecule has 1 aliphatic rings. The van der Waals surface area contributed by atoms with E-state index in [0.717, 1.165) is 0 Å². The zero-order valence-corrected chi connectivity index (χ0v) is 17.1. The van der Waals surface area contributed by atoms with Crippen LogP contribution < -0.4 is 5.32 Å². The van der Waals surface area contributed by atoms with Crippen molar-refractivity contribution in [1.29, 1.82) is 0 Å². The van der Waals surface area contributed by atoms with Crippen LogP contribution in [0, 0.1) is 5.82 Å². The topological polar surface area (TPSA) is 58.6 Å². The first-order chi connectivity index (χ1) is 12.8. The fraction of sp³-hybridized carbons (Fsp3) is 0.235. The number of halogens is 3. The average Bonchev–Trinajstić information content (AvgIpc) is 2.62. The van der Waals surface area contributed by atoms with Crippen molar-refractivity contribution in [2.45, 2.75) is 4.90 Å². The van der Waals surface area contributed by atoms with Gasteiger partial charge in [-0.2, -0.15) is 4.31 Å². The van der Waals surface area contributed by atoms with Gasteiger partial charge in [-0.1, -0.05) is 41.5 Å². The molecule has 0 aliphatic carbocycles. The van der Waals surface area contributed by atoms with Gasteiger partial charge in [0, 0.05) is 24.3 Å². The molecule has 27 heavy (non-hydrogen) atoms. The van der Waals surface area contributed by atoms with E-state index in [-0.39, 0.29) is 38.6 Å². The van der Waals surface area contributed by atoms with Gasteiger partial charge >= 0.3 is 0 Å². The number of nitrogens with one attached hydrogen (secondary N) is 1. The SMILES string of the molecule is O=S(=O)(c1cc(C(=S)Nc2cccc(F)c2)c(Cl)cc1Cl)N1CCOCC1. The minimum Gasteiger partial charge on any atom is -0.379 e. The minimum absolute atomic E-state index is 0.00352. The Labute approximate surface area is 172 Å². The second kappa shape index (κ2) is 8.38. The van der Waals surface area contributed by atoms with E-state index in [0.29, 0.717) is 18.9 Å². The van der Waals surface area contributed by atoms with Crippen molar-refractivity contribution in [1.82, 2.24) is 4.31 Å². The highest BCUT2D eigenvalue weighted by atomic mass is 35.5. The molecule has 0 radical (unpaired) electrons. The molecular formula is C17H15Cl2FN2O3S2. The van der Waals surface area contributed by atoms with Crippen molar-refractivity contribution in [3.63, 3.8) is 0 Å². The predicted molar refractivity (Wildman–Crippen MR) is 108 cm³/mol. The lowest BCUT2D eigenvalue weighted by atomic mass is 10.2. The molecule has 0 spiro atoms. The number of hydrogen-bond donors (Lipinski definition) is 1. The summed E-state index contributed by atoms with van der Waals surface area (Å²) in [5.74, 6) is -0.430. The van der Waals surface area contributed by atoms with Crippen LogP contribution >= 0.6 is 35.4 Å². The summed E-state index contributed by atoms with van der Waals surface area (Å²) in [6.07, 6.45) is 0. The van der Waals surface area contributed by atoms with Crippen LogP contribution in [0.4, 0.5) is 10.1 Å². The Bertz CT molecular complexity index is 980. The minimum atomic E-state index is -3.83. The van der Waals surface area contributed by atoms with Gasteiger partial charge in [0.1, 0.15) is 15.7 Å². The van der Waals surface area contributed by atoms with Gasteiger partial charge in [-0.3, -0.25) is 0 Å². The molecule has 0 saturated carbocycles. The van der Waals surface area contributed by atoms with Crippen molar-refractivity contribution >= 4 is 56.1 Å². The number of sulfonamides is 1. The first kappa shape index (κ1) is 20.4. The summed E-state index contributed by atoms with van der Waals surface area (Å²) < 4.78 is 45.7. The summed E-state index contributed by atoms with van der Waals surface area (Å²) >= 11 is 17.7. The zero-order valence-electron chi connectivity index (χ0n) is 13.9. The summed E-state index contributed by atoms with van der Waals surface area (Å²) in [5.41, 5.74) is 0.704. The van der Waals surface area contributed by atoms with Gasteiger partial charge in [0.2, 0.25) is 10.0 Å². The van der Waals surface area contributed by atoms with Crippen LogP contribution in [-0.4, -0.2) is 44.0 Å². The van der Waals surface area contributed by atoms with Crippen LogP contribution in [0.25, 0.3) is 0 Å². The third-order valence-electron chi connectivity index (χ3n) is 3.94. The van der Waals surface area contributed by atoms with E-state index in [1.165, 1.54) is 34.6 Å². The highest BCUT2D eigenvalue weighted by Gasteiger charge is 2.29. The monoisotopic (exact) mass is 448 g/mol.